The number of aromatic nitrogens is 4. The van der Waals surface area contributed by atoms with E-state index in [4.69, 9.17) is 0 Å². The SMILES string of the molecule is Ic1ccc(-c2nn3c(Cc4ccccc4)nnc3s2)cc1. The van der Waals surface area contributed by atoms with Gasteiger partial charge in [-0.3, -0.25) is 0 Å². The highest BCUT2D eigenvalue weighted by Crippen LogP contribution is 2.26. The minimum atomic E-state index is 0.734. The van der Waals surface area contributed by atoms with Gasteiger partial charge in [-0.15, -0.1) is 10.2 Å². The van der Waals surface area contributed by atoms with Gasteiger partial charge in [-0.2, -0.15) is 9.61 Å². The van der Waals surface area contributed by atoms with E-state index >= 15 is 0 Å². The van der Waals surface area contributed by atoms with E-state index in [1.807, 2.05) is 22.7 Å². The first-order valence-electron chi connectivity index (χ1n) is 6.80. The number of hydrogen-bond donors (Lipinski definition) is 0. The van der Waals surface area contributed by atoms with E-state index in [1.54, 1.807) is 11.3 Å². The van der Waals surface area contributed by atoms with Crippen molar-refractivity contribution in [3.8, 4) is 10.6 Å². The highest BCUT2D eigenvalue weighted by atomic mass is 127. The van der Waals surface area contributed by atoms with E-state index in [-0.39, 0.29) is 0 Å². The number of halogens is 1. The highest BCUT2D eigenvalue weighted by molar-refractivity contribution is 14.1. The lowest BCUT2D eigenvalue weighted by Crippen LogP contribution is -1.97. The summed E-state index contributed by atoms with van der Waals surface area (Å²) in [6, 6.07) is 18.6. The van der Waals surface area contributed by atoms with E-state index in [0.29, 0.717) is 0 Å². The molecule has 0 spiro atoms. The van der Waals surface area contributed by atoms with Crippen LogP contribution in [-0.4, -0.2) is 19.8 Å². The third kappa shape index (κ3) is 2.64. The molecule has 0 fully saturated rings. The molecule has 0 aliphatic rings. The molecule has 0 aliphatic carbocycles. The Morgan fingerprint density at radius 1 is 0.955 bits per heavy atom. The Kier molecular flexibility index (Phi) is 3.63. The molecule has 22 heavy (non-hydrogen) atoms. The molecule has 2 aromatic heterocycles. The minimum absolute atomic E-state index is 0.734. The summed E-state index contributed by atoms with van der Waals surface area (Å²) >= 11 is 3.87. The number of nitrogens with zero attached hydrogens (tertiary/aromatic N) is 4. The average molecular weight is 418 g/mol. The summed E-state index contributed by atoms with van der Waals surface area (Å²) in [4.78, 5) is 0.833. The highest BCUT2D eigenvalue weighted by Gasteiger charge is 2.13. The van der Waals surface area contributed by atoms with Crippen LogP contribution in [0.2, 0.25) is 0 Å². The van der Waals surface area contributed by atoms with Crippen molar-refractivity contribution >= 4 is 38.9 Å². The van der Waals surface area contributed by atoms with Gasteiger partial charge in [0.05, 0.1) is 0 Å². The van der Waals surface area contributed by atoms with Crippen LogP contribution in [0.15, 0.2) is 54.6 Å². The lowest BCUT2D eigenvalue weighted by Gasteiger charge is -1.98. The van der Waals surface area contributed by atoms with Gasteiger partial charge in [0.25, 0.3) is 0 Å². The summed E-state index contributed by atoms with van der Waals surface area (Å²) in [6.45, 7) is 0. The van der Waals surface area contributed by atoms with Gasteiger partial charge < -0.3 is 0 Å². The molecule has 0 unspecified atom stereocenters. The number of rotatable bonds is 3. The predicted octanol–water partition coefficient (Wildman–Crippen LogP) is 4.05. The largest absolute Gasteiger partial charge is 0.234 e. The number of fused-ring (bicyclic) bond motifs is 1. The molecule has 0 amide bonds. The van der Waals surface area contributed by atoms with Crippen LogP contribution in [0.4, 0.5) is 0 Å². The van der Waals surface area contributed by atoms with Crippen LogP contribution < -0.4 is 0 Å². The molecule has 108 valence electrons. The van der Waals surface area contributed by atoms with Crippen molar-refractivity contribution in [3.05, 3.63) is 69.6 Å². The van der Waals surface area contributed by atoms with Gasteiger partial charge in [0.1, 0.15) is 5.01 Å². The first kappa shape index (κ1) is 13.8. The van der Waals surface area contributed by atoms with Gasteiger partial charge in [0.15, 0.2) is 5.82 Å². The van der Waals surface area contributed by atoms with E-state index in [0.717, 1.165) is 27.8 Å². The fourth-order valence-corrected chi connectivity index (χ4v) is 3.48. The quantitative estimate of drug-likeness (QED) is 0.472. The van der Waals surface area contributed by atoms with Crippen molar-refractivity contribution in [3.63, 3.8) is 0 Å². The third-order valence-electron chi connectivity index (χ3n) is 3.35. The van der Waals surface area contributed by atoms with Gasteiger partial charge in [-0.1, -0.05) is 53.8 Å². The summed E-state index contributed by atoms with van der Waals surface area (Å²) in [5, 5.41) is 14.1. The van der Waals surface area contributed by atoms with Crippen LogP contribution >= 0.6 is 33.9 Å². The molecular weight excluding hydrogens is 407 g/mol. The zero-order valence-corrected chi connectivity index (χ0v) is 14.5. The van der Waals surface area contributed by atoms with Gasteiger partial charge in [-0.05, 0) is 40.3 Å². The summed E-state index contributed by atoms with van der Waals surface area (Å²) in [5.74, 6) is 0.870. The maximum absolute atomic E-state index is 4.68. The van der Waals surface area contributed by atoms with Crippen LogP contribution in [0.5, 0.6) is 0 Å². The molecule has 0 N–H and O–H groups in total. The fraction of sp³-hybridized carbons (Fsp3) is 0.0625. The van der Waals surface area contributed by atoms with Gasteiger partial charge in [0, 0.05) is 15.6 Å². The van der Waals surface area contributed by atoms with E-state index in [9.17, 15) is 0 Å². The second-order valence-corrected chi connectivity index (χ2v) is 7.09. The molecule has 4 nitrogen and oxygen atoms in total. The Morgan fingerprint density at radius 2 is 1.73 bits per heavy atom. The zero-order chi connectivity index (χ0) is 14.9. The smallest absolute Gasteiger partial charge is 0.187 e. The molecule has 4 aromatic rings. The fourth-order valence-electron chi connectivity index (χ4n) is 2.26. The average Bonchev–Trinajstić information content (AvgIpc) is 3.11. The molecule has 0 saturated heterocycles. The van der Waals surface area contributed by atoms with Crippen molar-refractivity contribution in [2.75, 3.05) is 0 Å². The first-order chi connectivity index (χ1) is 10.8. The Balaban J connectivity index is 1.71. The van der Waals surface area contributed by atoms with Crippen molar-refractivity contribution in [2.24, 2.45) is 0 Å². The maximum atomic E-state index is 4.68. The molecule has 0 bridgehead atoms. The summed E-state index contributed by atoms with van der Waals surface area (Å²) in [6.07, 6.45) is 0.734. The van der Waals surface area contributed by atoms with Crippen molar-refractivity contribution in [2.45, 2.75) is 6.42 Å². The van der Waals surface area contributed by atoms with E-state index in [2.05, 4.69) is 74.3 Å². The molecule has 2 heterocycles. The third-order valence-corrected chi connectivity index (χ3v) is 5.02. The second kappa shape index (κ2) is 5.77. The van der Waals surface area contributed by atoms with Gasteiger partial charge in [-0.25, -0.2) is 0 Å². The normalized spacial score (nSPS) is 11.1. The summed E-state index contributed by atoms with van der Waals surface area (Å²) in [7, 11) is 0. The number of hydrogen-bond acceptors (Lipinski definition) is 4. The lowest BCUT2D eigenvalue weighted by atomic mass is 10.1. The molecular formula is C16H11IN4S. The zero-order valence-electron chi connectivity index (χ0n) is 11.5. The lowest BCUT2D eigenvalue weighted by molar-refractivity contribution is 0.854. The Bertz CT molecular complexity index is 912. The Morgan fingerprint density at radius 3 is 2.50 bits per heavy atom. The van der Waals surface area contributed by atoms with Crippen LogP contribution in [0, 0.1) is 3.57 Å². The minimum Gasteiger partial charge on any atom is -0.187 e. The molecule has 2 aromatic carbocycles. The monoisotopic (exact) mass is 418 g/mol. The Hall–Kier alpha value is -1.80. The standard InChI is InChI=1S/C16H11IN4S/c17-13-8-6-12(7-9-13)15-20-21-14(18-19-16(21)22-15)10-11-4-2-1-3-5-11/h1-9H,10H2. The topological polar surface area (TPSA) is 43.1 Å². The van der Waals surface area contributed by atoms with Gasteiger partial charge in [0.2, 0.25) is 4.96 Å². The summed E-state index contributed by atoms with van der Waals surface area (Å²) in [5.41, 5.74) is 2.32. The molecule has 6 heteroatoms. The van der Waals surface area contributed by atoms with Gasteiger partial charge >= 0.3 is 0 Å². The van der Waals surface area contributed by atoms with Crippen LogP contribution in [0.1, 0.15) is 11.4 Å². The molecule has 0 atom stereocenters. The van der Waals surface area contributed by atoms with Crippen molar-refractivity contribution < 1.29 is 0 Å². The summed E-state index contributed by atoms with van der Waals surface area (Å²) < 4.78 is 3.07. The van der Waals surface area contributed by atoms with E-state index in [1.165, 1.54) is 9.13 Å². The number of benzene rings is 2. The van der Waals surface area contributed by atoms with Crippen LogP contribution in [0.25, 0.3) is 15.5 Å². The van der Waals surface area contributed by atoms with Crippen molar-refractivity contribution in [1.29, 1.82) is 0 Å². The molecule has 0 aliphatic heterocycles. The Labute approximate surface area is 145 Å². The molecule has 0 radical (unpaired) electrons. The molecule has 4 rings (SSSR count). The van der Waals surface area contributed by atoms with Crippen LogP contribution in [0.3, 0.4) is 0 Å². The maximum Gasteiger partial charge on any atom is 0.234 e. The van der Waals surface area contributed by atoms with Crippen molar-refractivity contribution in [1.82, 2.24) is 19.8 Å². The first-order valence-corrected chi connectivity index (χ1v) is 8.70. The van der Waals surface area contributed by atoms with Crippen LogP contribution in [-0.2, 0) is 6.42 Å². The second-order valence-electron chi connectivity index (χ2n) is 4.89. The van der Waals surface area contributed by atoms with E-state index < -0.39 is 0 Å². The molecule has 0 saturated carbocycles. The predicted molar refractivity (Wildman–Crippen MR) is 96.1 cm³/mol.